The van der Waals surface area contributed by atoms with Gasteiger partial charge in [0.25, 0.3) is 0 Å². The van der Waals surface area contributed by atoms with Crippen molar-refractivity contribution >= 4 is 10.0 Å². The zero-order chi connectivity index (χ0) is 14.6. The molecule has 2 aromatic heterocycles. The van der Waals surface area contributed by atoms with Crippen LogP contribution in [0.15, 0.2) is 23.5 Å². The van der Waals surface area contributed by atoms with Crippen molar-refractivity contribution in [1.29, 1.82) is 0 Å². The third-order valence-corrected chi connectivity index (χ3v) is 4.26. The molecule has 0 fully saturated rings. The zero-order valence-corrected chi connectivity index (χ0v) is 12.0. The molecule has 0 amide bonds. The summed E-state index contributed by atoms with van der Waals surface area (Å²) < 4.78 is 27.2. The predicted molar refractivity (Wildman–Crippen MR) is 72.1 cm³/mol. The van der Waals surface area contributed by atoms with E-state index < -0.39 is 10.0 Å². The van der Waals surface area contributed by atoms with E-state index in [1.165, 1.54) is 6.33 Å². The summed E-state index contributed by atoms with van der Waals surface area (Å²) in [5.41, 5.74) is 1.56. The first-order valence-electron chi connectivity index (χ1n) is 5.97. The van der Waals surface area contributed by atoms with Crippen LogP contribution >= 0.6 is 0 Å². The first kappa shape index (κ1) is 14.6. The second-order valence-electron chi connectivity index (χ2n) is 4.18. The number of nitrogens with one attached hydrogen (secondary N) is 3. The molecule has 2 rings (SSSR count). The molecule has 0 bridgehead atoms. The van der Waals surface area contributed by atoms with Crippen molar-refractivity contribution in [3.05, 3.63) is 35.7 Å². The SMILES string of the molecule is CNCc1n[nH]c(C)c1S(=O)(=O)NCc1ccncn1. The second-order valence-corrected chi connectivity index (χ2v) is 5.88. The Morgan fingerprint density at radius 3 is 2.80 bits per heavy atom. The molecule has 20 heavy (non-hydrogen) atoms. The number of hydrogen-bond donors (Lipinski definition) is 3. The molecule has 2 aromatic rings. The van der Waals surface area contributed by atoms with E-state index >= 15 is 0 Å². The third-order valence-electron chi connectivity index (χ3n) is 2.66. The fourth-order valence-electron chi connectivity index (χ4n) is 1.78. The Hall–Kier alpha value is -1.84. The maximum absolute atomic E-state index is 12.3. The quantitative estimate of drug-likeness (QED) is 0.675. The van der Waals surface area contributed by atoms with Gasteiger partial charge < -0.3 is 5.32 Å². The Kier molecular flexibility index (Phi) is 4.42. The van der Waals surface area contributed by atoms with Gasteiger partial charge in [-0.2, -0.15) is 5.10 Å². The predicted octanol–water partition coefficient (Wildman–Crippen LogP) is -0.294. The van der Waals surface area contributed by atoms with Gasteiger partial charge in [-0.1, -0.05) is 0 Å². The Balaban J connectivity index is 2.20. The lowest BCUT2D eigenvalue weighted by molar-refractivity contribution is 0.577. The molecule has 0 aliphatic carbocycles. The molecule has 0 unspecified atom stereocenters. The van der Waals surface area contributed by atoms with Crippen LogP contribution in [-0.2, 0) is 23.1 Å². The van der Waals surface area contributed by atoms with E-state index in [-0.39, 0.29) is 11.4 Å². The molecule has 0 aliphatic rings. The molecule has 0 aliphatic heterocycles. The standard InChI is InChI=1S/C11H16N6O2S/c1-8-11(10(6-12-2)17-16-8)20(18,19)15-5-9-3-4-13-7-14-9/h3-4,7,12,15H,5-6H2,1-2H3,(H,16,17). The number of nitrogens with zero attached hydrogens (tertiary/aromatic N) is 3. The highest BCUT2D eigenvalue weighted by Crippen LogP contribution is 2.17. The number of H-pyrrole nitrogens is 1. The van der Waals surface area contributed by atoms with Crippen molar-refractivity contribution in [1.82, 2.24) is 30.2 Å². The van der Waals surface area contributed by atoms with Crippen molar-refractivity contribution in [2.24, 2.45) is 0 Å². The van der Waals surface area contributed by atoms with Crippen molar-refractivity contribution in [2.45, 2.75) is 24.9 Å². The molecule has 0 radical (unpaired) electrons. The molecule has 0 aromatic carbocycles. The van der Waals surface area contributed by atoms with Gasteiger partial charge in [-0.15, -0.1) is 0 Å². The Bertz CT molecular complexity index is 667. The van der Waals surface area contributed by atoms with E-state index in [2.05, 4.69) is 30.2 Å². The highest BCUT2D eigenvalue weighted by Gasteiger charge is 2.23. The molecule has 0 saturated heterocycles. The zero-order valence-electron chi connectivity index (χ0n) is 11.2. The minimum absolute atomic E-state index is 0.106. The maximum Gasteiger partial charge on any atom is 0.244 e. The lowest BCUT2D eigenvalue weighted by Crippen LogP contribution is -2.25. The van der Waals surface area contributed by atoms with E-state index in [0.717, 1.165) is 0 Å². The number of sulfonamides is 1. The number of aromatic nitrogens is 4. The fourth-order valence-corrected chi connectivity index (χ4v) is 3.14. The van der Waals surface area contributed by atoms with Crippen LogP contribution in [0.3, 0.4) is 0 Å². The summed E-state index contributed by atoms with van der Waals surface area (Å²) in [7, 11) is -1.91. The van der Waals surface area contributed by atoms with Crippen molar-refractivity contribution in [2.75, 3.05) is 7.05 Å². The van der Waals surface area contributed by atoms with Crippen LogP contribution in [0.25, 0.3) is 0 Å². The molecular weight excluding hydrogens is 280 g/mol. The monoisotopic (exact) mass is 296 g/mol. The number of aromatic amines is 1. The van der Waals surface area contributed by atoms with Gasteiger partial charge in [-0.3, -0.25) is 5.10 Å². The summed E-state index contributed by atoms with van der Waals surface area (Å²) in [5.74, 6) is 0. The van der Waals surface area contributed by atoms with Crippen LogP contribution in [0.2, 0.25) is 0 Å². The highest BCUT2D eigenvalue weighted by molar-refractivity contribution is 7.89. The molecule has 108 valence electrons. The van der Waals surface area contributed by atoms with Crippen LogP contribution in [0.5, 0.6) is 0 Å². The van der Waals surface area contributed by atoms with Crippen LogP contribution in [0, 0.1) is 6.92 Å². The van der Waals surface area contributed by atoms with Gasteiger partial charge in [-0.05, 0) is 20.0 Å². The molecule has 0 spiro atoms. The van der Waals surface area contributed by atoms with Gasteiger partial charge in [0, 0.05) is 12.7 Å². The summed E-state index contributed by atoms with van der Waals surface area (Å²) >= 11 is 0. The molecule has 3 N–H and O–H groups in total. The van der Waals surface area contributed by atoms with E-state index in [1.54, 1.807) is 26.2 Å². The largest absolute Gasteiger partial charge is 0.314 e. The fraction of sp³-hybridized carbons (Fsp3) is 0.364. The summed E-state index contributed by atoms with van der Waals surface area (Å²) in [6.45, 7) is 2.15. The van der Waals surface area contributed by atoms with Crippen LogP contribution in [-0.4, -0.2) is 35.6 Å². The van der Waals surface area contributed by atoms with Gasteiger partial charge in [0.2, 0.25) is 10.0 Å². The van der Waals surface area contributed by atoms with E-state index in [4.69, 9.17) is 0 Å². The van der Waals surface area contributed by atoms with Crippen molar-refractivity contribution in [3.63, 3.8) is 0 Å². The molecule has 0 atom stereocenters. The van der Waals surface area contributed by atoms with Crippen LogP contribution in [0.1, 0.15) is 17.1 Å². The van der Waals surface area contributed by atoms with E-state index in [1.807, 2.05) is 0 Å². The lowest BCUT2D eigenvalue weighted by Gasteiger charge is -2.07. The number of hydrogen-bond acceptors (Lipinski definition) is 6. The minimum atomic E-state index is -3.64. The average Bonchev–Trinajstić information content (AvgIpc) is 2.80. The Morgan fingerprint density at radius 1 is 1.35 bits per heavy atom. The lowest BCUT2D eigenvalue weighted by atomic mass is 10.4. The van der Waals surface area contributed by atoms with Crippen LogP contribution in [0.4, 0.5) is 0 Å². The maximum atomic E-state index is 12.3. The summed E-state index contributed by atoms with van der Waals surface area (Å²) in [6, 6.07) is 1.65. The molecular formula is C11H16N6O2S. The van der Waals surface area contributed by atoms with Gasteiger partial charge in [0.15, 0.2) is 0 Å². The van der Waals surface area contributed by atoms with Gasteiger partial charge >= 0.3 is 0 Å². The smallest absolute Gasteiger partial charge is 0.244 e. The molecule has 2 heterocycles. The van der Waals surface area contributed by atoms with Crippen molar-refractivity contribution < 1.29 is 8.42 Å². The average molecular weight is 296 g/mol. The number of aryl methyl sites for hydroxylation is 1. The minimum Gasteiger partial charge on any atom is -0.314 e. The molecule has 8 nitrogen and oxygen atoms in total. The first-order chi connectivity index (χ1) is 9.54. The van der Waals surface area contributed by atoms with Gasteiger partial charge in [0.05, 0.1) is 23.6 Å². The van der Waals surface area contributed by atoms with Crippen molar-refractivity contribution in [3.8, 4) is 0 Å². The summed E-state index contributed by atoms with van der Waals surface area (Å²) in [5, 5.41) is 9.57. The molecule has 9 heteroatoms. The van der Waals surface area contributed by atoms with E-state index in [0.29, 0.717) is 23.6 Å². The topological polar surface area (TPSA) is 113 Å². The Labute approximate surface area is 117 Å². The van der Waals surface area contributed by atoms with E-state index in [9.17, 15) is 8.42 Å². The third kappa shape index (κ3) is 3.18. The number of rotatable bonds is 6. The van der Waals surface area contributed by atoms with Gasteiger partial charge in [0.1, 0.15) is 11.2 Å². The molecule has 0 saturated carbocycles. The first-order valence-corrected chi connectivity index (χ1v) is 7.46. The second kappa shape index (κ2) is 6.07. The summed E-state index contributed by atoms with van der Waals surface area (Å²) in [6.07, 6.45) is 2.94. The normalized spacial score (nSPS) is 11.7. The van der Waals surface area contributed by atoms with Gasteiger partial charge in [-0.25, -0.2) is 23.1 Å². The summed E-state index contributed by atoms with van der Waals surface area (Å²) in [4.78, 5) is 7.93. The van der Waals surface area contributed by atoms with Crippen LogP contribution < -0.4 is 10.0 Å². The Morgan fingerprint density at radius 2 is 2.15 bits per heavy atom. The highest BCUT2D eigenvalue weighted by atomic mass is 32.2.